The Hall–Kier alpha value is -1.38. The van der Waals surface area contributed by atoms with Crippen molar-refractivity contribution in [3.63, 3.8) is 0 Å². The van der Waals surface area contributed by atoms with Crippen LogP contribution < -0.4 is 16.4 Å². The summed E-state index contributed by atoms with van der Waals surface area (Å²) in [6.07, 6.45) is 5.29. The number of hydrogen-bond acceptors (Lipinski definition) is 3. The lowest BCUT2D eigenvalue weighted by molar-refractivity contribution is 0.378. The van der Waals surface area contributed by atoms with E-state index in [2.05, 4.69) is 17.9 Å². The van der Waals surface area contributed by atoms with E-state index in [1.165, 1.54) is 31.4 Å². The predicted octanol–water partition coefficient (Wildman–Crippen LogP) is 2.87. The van der Waals surface area contributed by atoms with Crippen molar-refractivity contribution >= 4 is 17.1 Å². The van der Waals surface area contributed by atoms with E-state index in [4.69, 9.17) is 11.5 Å². The molecule has 0 bridgehead atoms. The number of anilines is 3. The average Bonchev–Trinajstić information content (AvgIpc) is 2.34. The molecule has 1 aliphatic heterocycles. The second-order valence-electron chi connectivity index (χ2n) is 5.03. The number of piperidine rings is 1. The van der Waals surface area contributed by atoms with Crippen LogP contribution in [-0.2, 0) is 0 Å². The molecular formula is C14H23N3. The van der Waals surface area contributed by atoms with Crippen molar-refractivity contribution in [2.75, 3.05) is 29.5 Å². The summed E-state index contributed by atoms with van der Waals surface area (Å²) in [5.74, 6) is 0.919. The minimum absolute atomic E-state index is 0.676. The number of nitrogens with zero attached hydrogens (tertiary/aromatic N) is 1. The lowest BCUT2D eigenvalue weighted by atomic mass is 9.92. The van der Waals surface area contributed by atoms with Gasteiger partial charge < -0.3 is 16.4 Å². The van der Waals surface area contributed by atoms with Gasteiger partial charge in [-0.05, 0) is 37.0 Å². The first-order valence-electron chi connectivity index (χ1n) is 6.60. The molecule has 1 heterocycles. The van der Waals surface area contributed by atoms with Crippen LogP contribution in [0.3, 0.4) is 0 Å². The molecule has 0 aromatic heterocycles. The highest BCUT2D eigenvalue weighted by Crippen LogP contribution is 2.28. The molecule has 17 heavy (non-hydrogen) atoms. The third kappa shape index (κ3) is 2.84. The molecular weight excluding hydrogens is 210 g/mol. The SMILES string of the molecule is CCCC1CCN(c2ccc(N)c(N)c2)CC1. The van der Waals surface area contributed by atoms with Crippen LogP contribution in [0.5, 0.6) is 0 Å². The number of rotatable bonds is 3. The van der Waals surface area contributed by atoms with Crippen LogP contribution in [0.2, 0.25) is 0 Å². The fraction of sp³-hybridized carbons (Fsp3) is 0.571. The maximum absolute atomic E-state index is 5.85. The van der Waals surface area contributed by atoms with E-state index in [0.29, 0.717) is 11.4 Å². The average molecular weight is 233 g/mol. The lowest BCUT2D eigenvalue weighted by Gasteiger charge is -2.33. The summed E-state index contributed by atoms with van der Waals surface area (Å²) >= 11 is 0. The van der Waals surface area contributed by atoms with Crippen molar-refractivity contribution in [2.24, 2.45) is 5.92 Å². The molecule has 0 amide bonds. The van der Waals surface area contributed by atoms with Gasteiger partial charge in [0.1, 0.15) is 0 Å². The number of benzene rings is 1. The second kappa shape index (κ2) is 5.30. The van der Waals surface area contributed by atoms with Crippen LogP contribution in [0.25, 0.3) is 0 Å². The number of nitrogen functional groups attached to an aromatic ring is 2. The topological polar surface area (TPSA) is 55.3 Å². The molecule has 3 heteroatoms. The Morgan fingerprint density at radius 1 is 1.18 bits per heavy atom. The van der Waals surface area contributed by atoms with Crippen LogP contribution in [-0.4, -0.2) is 13.1 Å². The molecule has 94 valence electrons. The molecule has 3 nitrogen and oxygen atoms in total. The Morgan fingerprint density at radius 3 is 2.47 bits per heavy atom. The molecule has 2 rings (SSSR count). The summed E-state index contributed by atoms with van der Waals surface area (Å²) in [6, 6.07) is 5.98. The Balaban J connectivity index is 1.98. The van der Waals surface area contributed by atoms with Gasteiger partial charge in [-0.1, -0.05) is 19.8 Å². The van der Waals surface area contributed by atoms with E-state index < -0.39 is 0 Å². The summed E-state index contributed by atoms with van der Waals surface area (Å²) < 4.78 is 0. The molecule has 0 radical (unpaired) electrons. The van der Waals surface area contributed by atoms with Crippen LogP contribution >= 0.6 is 0 Å². The molecule has 1 fully saturated rings. The molecule has 1 aliphatic rings. The van der Waals surface area contributed by atoms with Crippen molar-refractivity contribution in [2.45, 2.75) is 32.6 Å². The minimum atomic E-state index is 0.676. The second-order valence-corrected chi connectivity index (χ2v) is 5.03. The predicted molar refractivity (Wildman–Crippen MR) is 75.1 cm³/mol. The fourth-order valence-corrected chi connectivity index (χ4v) is 2.65. The lowest BCUT2D eigenvalue weighted by Crippen LogP contribution is -2.33. The number of nitrogens with two attached hydrogens (primary N) is 2. The van der Waals surface area contributed by atoms with Gasteiger partial charge in [0.05, 0.1) is 11.4 Å². The monoisotopic (exact) mass is 233 g/mol. The van der Waals surface area contributed by atoms with Gasteiger partial charge in [0.25, 0.3) is 0 Å². The Bertz CT molecular complexity index is 368. The highest BCUT2D eigenvalue weighted by Gasteiger charge is 2.18. The molecule has 0 saturated carbocycles. The first-order valence-corrected chi connectivity index (χ1v) is 6.60. The number of hydrogen-bond donors (Lipinski definition) is 2. The normalized spacial score (nSPS) is 17.4. The van der Waals surface area contributed by atoms with E-state index in [1.807, 2.05) is 12.1 Å². The van der Waals surface area contributed by atoms with Crippen molar-refractivity contribution in [1.29, 1.82) is 0 Å². The summed E-state index contributed by atoms with van der Waals surface area (Å²) in [5, 5.41) is 0. The van der Waals surface area contributed by atoms with Gasteiger partial charge in [-0.15, -0.1) is 0 Å². The zero-order valence-corrected chi connectivity index (χ0v) is 10.7. The van der Waals surface area contributed by atoms with Crippen molar-refractivity contribution in [3.05, 3.63) is 18.2 Å². The Kier molecular flexibility index (Phi) is 3.77. The Labute approximate surface area is 104 Å². The highest BCUT2D eigenvalue weighted by molar-refractivity contribution is 5.69. The minimum Gasteiger partial charge on any atom is -0.397 e. The molecule has 0 unspecified atom stereocenters. The third-order valence-electron chi connectivity index (χ3n) is 3.75. The zero-order chi connectivity index (χ0) is 12.3. The summed E-state index contributed by atoms with van der Waals surface area (Å²) in [4.78, 5) is 2.42. The van der Waals surface area contributed by atoms with E-state index >= 15 is 0 Å². The van der Waals surface area contributed by atoms with Gasteiger partial charge >= 0.3 is 0 Å². The van der Waals surface area contributed by atoms with Gasteiger partial charge in [0.2, 0.25) is 0 Å². The van der Waals surface area contributed by atoms with Crippen LogP contribution in [0, 0.1) is 5.92 Å². The summed E-state index contributed by atoms with van der Waals surface area (Å²) in [6.45, 7) is 4.56. The van der Waals surface area contributed by atoms with E-state index in [0.717, 1.165) is 19.0 Å². The molecule has 0 atom stereocenters. The maximum Gasteiger partial charge on any atom is 0.0568 e. The molecule has 0 aliphatic carbocycles. The van der Waals surface area contributed by atoms with Gasteiger partial charge in [0.15, 0.2) is 0 Å². The van der Waals surface area contributed by atoms with Crippen LogP contribution in [0.1, 0.15) is 32.6 Å². The standard InChI is InChI=1S/C14H23N3/c1-2-3-11-6-8-17(9-7-11)12-4-5-13(15)14(16)10-12/h4-5,10-11H,2-3,6-9,15-16H2,1H3. The van der Waals surface area contributed by atoms with Crippen molar-refractivity contribution in [1.82, 2.24) is 0 Å². The molecule has 4 N–H and O–H groups in total. The first kappa shape index (κ1) is 12.1. The van der Waals surface area contributed by atoms with Crippen molar-refractivity contribution < 1.29 is 0 Å². The first-order chi connectivity index (χ1) is 8.20. The van der Waals surface area contributed by atoms with E-state index in [9.17, 15) is 0 Å². The largest absolute Gasteiger partial charge is 0.397 e. The molecule has 0 spiro atoms. The van der Waals surface area contributed by atoms with Gasteiger partial charge in [0, 0.05) is 18.8 Å². The van der Waals surface area contributed by atoms with Gasteiger partial charge in [-0.25, -0.2) is 0 Å². The quantitative estimate of drug-likeness (QED) is 0.789. The van der Waals surface area contributed by atoms with E-state index in [-0.39, 0.29) is 0 Å². The smallest absolute Gasteiger partial charge is 0.0568 e. The third-order valence-corrected chi connectivity index (χ3v) is 3.75. The Morgan fingerprint density at radius 2 is 1.88 bits per heavy atom. The summed E-state index contributed by atoms with van der Waals surface area (Å²) in [7, 11) is 0. The van der Waals surface area contributed by atoms with E-state index in [1.54, 1.807) is 0 Å². The van der Waals surface area contributed by atoms with Crippen LogP contribution in [0.4, 0.5) is 17.1 Å². The fourth-order valence-electron chi connectivity index (χ4n) is 2.65. The van der Waals surface area contributed by atoms with Crippen LogP contribution in [0.15, 0.2) is 18.2 Å². The maximum atomic E-state index is 5.85. The molecule has 1 aromatic rings. The molecule has 1 saturated heterocycles. The summed E-state index contributed by atoms with van der Waals surface area (Å²) in [5.41, 5.74) is 14.2. The molecule has 1 aromatic carbocycles. The highest BCUT2D eigenvalue weighted by atomic mass is 15.1. The zero-order valence-electron chi connectivity index (χ0n) is 10.7. The van der Waals surface area contributed by atoms with Gasteiger partial charge in [-0.3, -0.25) is 0 Å². The van der Waals surface area contributed by atoms with Gasteiger partial charge in [-0.2, -0.15) is 0 Å². The van der Waals surface area contributed by atoms with Crippen molar-refractivity contribution in [3.8, 4) is 0 Å².